The lowest BCUT2D eigenvalue weighted by atomic mass is 9.42. The van der Waals surface area contributed by atoms with Crippen molar-refractivity contribution in [2.45, 2.75) is 64.5 Å². The minimum absolute atomic E-state index is 0.0492. The van der Waals surface area contributed by atoms with Crippen LogP contribution in [-0.2, 0) is 16.1 Å². The van der Waals surface area contributed by atoms with Crippen LogP contribution >= 0.6 is 0 Å². The number of rotatable bonds is 2. The van der Waals surface area contributed by atoms with Gasteiger partial charge in [-0.15, -0.1) is 0 Å². The van der Waals surface area contributed by atoms with E-state index in [0.29, 0.717) is 24.8 Å². The van der Waals surface area contributed by atoms with Crippen molar-refractivity contribution < 1.29 is 9.59 Å². The van der Waals surface area contributed by atoms with E-state index >= 15 is 0 Å². The van der Waals surface area contributed by atoms with Gasteiger partial charge in [0.25, 0.3) is 0 Å². The largest absolute Gasteiger partial charge is 0.333 e. The molecule has 3 heteroatoms. The molecule has 1 amide bonds. The lowest BCUT2D eigenvalue weighted by molar-refractivity contribution is -0.177. The summed E-state index contributed by atoms with van der Waals surface area (Å²) in [5.74, 6) is 1.09. The zero-order valence-electron chi connectivity index (χ0n) is 17.6. The molecule has 1 aromatic rings. The van der Waals surface area contributed by atoms with Gasteiger partial charge in [0.1, 0.15) is 0 Å². The maximum absolute atomic E-state index is 13.5. The molecular weight excluding hydrogens is 358 g/mol. The van der Waals surface area contributed by atoms with Crippen molar-refractivity contribution in [3.8, 4) is 0 Å². The van der Waals surface area contributed by atoms with E-state index in [0.717, 1.165) is 37.7 Å². The fourth-order valence-corrected chi connectivity index (χ4v) is 7.51. The zero-order chi connectivity index (χ0) is 20.4. The molecule has 1 spiro atoms. The Balaban J connectivity index is 1.48. The molecule has 152 valence electrons. The van der Waals surface area contributed by atoms with Gasteiger partial charge in [0.15, 0.2) is 5.78 Å². The molecule has 0 N–H and O–H groups in total. The molecule has 3 fully saturated rings. The summed E-state index contributed by atoms with van der Waals surface area (Å²) in [5, 5.41) is 0. The van der Waals surface area contributed by atoms with Crippen LogP contribution in [0, 0.1) is 22.7 Å². The molecule has 2 saturated carbocycles. The summed E-state index contributed by atoms with van der Waals surface area (Å²) in [7, 11) is 0. The Bertz CT molecular complexity index is 918. The molecule has 29 heavy (non-hydrogen) atoms. The fourth-order valence-electron chi connectivity index (χ4n) is 7.51. The van der Waals surface area contributed by atoms with Crippen molar-refractivity contribution >= 4 is 11.7 Å². The smallest absolute Gasteiger partial charge is 0.223 e. The number of likely N-dealkylation sites (tertiary alicyclic amines) is 1. The average molecular weight is 390 g/mol. The standard InChI is InChI=1S/C26H31NO2/c1-18-20-9-14-26-15-23(29)27(16-19-7-5-4-6-8-19)24(2,17-26)12-11-22(26)25(20,3)13-10-21(18)28/h4-8,10,13,20,22H,1,9,11-12,14-17H2,2-3H3/t20-,22+,24+,25-,26+/m1/s1. The van der Waals surface area contributed by atoms with Crippen LogP contribution in [0.5, 0.6) is 0 Å². The number of carbonyl (C=O) groups excluding carboxylic acids is 2. The SMILES string of the molecule is C=C1C(=O)C=C[C@]2(C)[C@@H]1CC[C@@]13CC(=O)N(Cc4ccccc4)[C@@](C)(CC[C@H]12)C3. The minimum Gasteiger partial charge on any atom is -0.333 e. The summed E-state index contributed by atoms with van der Waals surface area (Å²) in [6.45, 7) is 9.49. The average Bonchev–Trinajstić information content (AvgIpc) is 2.68. The number of nitrogens with zero attached hydrogens (tertiary/aromatic N) is 1. The minimum atomic E-state index is -0.0733. The maximum Gasteiger partial charge on any atom is 0.223 e. The second-order valence-corrected chi connectivity index (χ2v) is 10.4. The molecular formula is C26H31NO2. The summed E-state index contributed by atoms with van der Waals surface area (Å²) in [6, 6.07) is 10.4. The van der Waals surface area contributed by atoms with Crippen LogP contribution in [0.3, 0.4) is 0 Å². The molecule has 5 atom stereocenters. The van der Waals surface area contributed by atoms with Crippen molar-refractivity contribution in [3.63, 3.8) is 0 Å². The summed E-state index contributed by atoms with van der Waals surface area (Å²) in [6.07, 6.45) is 9.82. The Morgan fingerprint density at radius 3 is 2.62 bits per heavy atom. The second kappa shape index (κ2) is 6.17. The van der Waals surface area contributed by atoms with Gasteiger partial charge in [-0.05, 0) is 78.9 Å². The number of allylic oxidation sites excluding steroid dienone is 3. The van der Waals surface area contributed by atoms with Crippen LogP contribution in [-0.4, -0.2) is 22.1 Å². The monoisotopic (exact) mass is 389 g/mol. The number of fused-ring (bicyclic) bond motifs is 3. The predicted molar refractivity (Wildman–Crippen MR) is 114 cm³/mol. The first-order valence-corrected chi connectivity index (χ1v) is 11.0. The number of amides is 1. The molecule has 0 unspecified atom stereocenters. The second-order valence-electron chi connectivity index (χ2n) is 10.4. The van der Waals surface area contributed by atoms with Gasteiger partial charge in [0, 0.05) is 18.5 Å². The van der Waals surface area contributed by atoms with E-state index < -0.39 is 0 Å². The van der Waals surface area contributed by atoms with Gasteiger partial charge in [-0.2, -0.15) is 0 Å². The van der Waals surface area contributed by atoms with E-state index in [-0.39, 0.29) is 28.1 Å². The third-order valence-corrected chi connectivity index (χ3v) is 8.85. The van der Waals surface area contributed by atoms with Gasteiger partial charge in [0.2, 0.25) is 5.91 Å². The Labute approximate surface area is 173 Å². The molecule has 0 aromatic heterocycles. The Hall–Kier alpha value is -2.16. The topological polar surface area (TPSA) is 37.4 Å². The van der Waals surface area contributed by atoms with Crippen molar-refractivity contribution in [1.29, 1.82) is 0 Å². The predicted octanol–water partition coefficient (Wildman–Crippen LogP) is 5.08. The van der Waals surface area contributed by atoms with Gasteiger partial charge in [0.05, 0.1) is 0 Å². The number of benzene rings is 1. The summed E-state index contributed by atoms with van der Waals surface area (Å²) >= 11 is 0. The summed E-state index contributed by atoms with van der Waals surface area (Å²) in [5.41, 5.74) is 1.93. The molecule has 0 radical (unpaired) electrons. The molecule has 3 aliphatic carbocycles. The number of hydrogen-bond acceptors (Lipinski definition) is 2. The Morgan fingerprint density at radius 2 is 1.86 bits per heavy atom. The molecule has 1 heterocycles. The zero-order valence-corrected chi connectivity index (χ0v) is 17.6. The Kier molecular flexibility index (Phi) is 4.01. The van der Waals surface area contributed by atoms with E-state index in [1.165, 1.54) is 5.56 Å². The normalized spacial score (nSPS) is 41.2. The van der Waals surface area contributed by atoms with Gasteiger partial charge in [-0.3, -0.25) is 9.59 Å². The van der Waals surface area contributed by atoms with Crippen LogP contribution < -0.4 is 0 Å². The molecule has 1 aromatic carbocycles. The summed E-state index contributed by atoms with van der Waals surface area (Å²) in [4.78, 5) is 27.9. The van der Waals surface area contributed by atoms with Gasteiger partial charge < -0.3 is 4.90 Å². The van der Waals surface area contributed by atoms with Crippen LogP contribution in [0.15, 0.2) is 54.6 Å². The van der Waals surface area contributed by atoms with E-state index in [2.05, 4.69) is 55.7 Å². The van der Waals surface area contributed by atoms with Crippen LogP contribution in [0.1, 0.15) is 57.9 Å². The quantitative estimate of drug-likeness (QED) is 0.662. The fraction of sp³-hybridized carbons (Fsp3) is 0.538. The van der Waals surface area contributed by atoms with E-state index in [9.17, 15) is 9.59 Å². The lowest BCUT2D eigenvalue weighted by Gasteiger charge is -2.66. The molecule has 1 saturated heterocycles. The van der Waals surface area contributed by atoms with Crippen molar-refractivity contribution in [2.75, 3.05) is 0 Å². The number of piperidine rings is 1. The third kappa shape index (κ3) is 2.62. The van der Waals surface area contributed by atoms with Crippen LogP contribution in [0.2, 0.25) is 0 Å². The van der Waals surface area contributed by atoms with Crippen molar-refractivity contribution in [1.82, 2.24) is 4.90 Å². The first-order chi connectivity index (χ1) is 13.8. The highest BCUT2D eigenvalue weighted by atomic mass is 16.2. The highest BCUT2D eigenvalue weighted by Gasteiger charge is 2.63. The van der Waals surface area contributed by atoms with Crippen LogP contribution in [0.25, 0.3) is 0 Å². The van der Waals surface area contributed by atoms with E-state index in [4.69, 9.17) is 0 Å². The summed E-state index contributed by atoms with van der Waals surface area (Å²) < 4.78 is 0. The first-order valence-electron chi connectivity index (χ1n) is 11.0. The van der Waals surface area contributed by atoms with E-state index in [1.807, 2.05) is 6.07 Å². The number of hydrogen-bond donors (Lipinski definition) is 0. The number of ketones is 1. The van der Waals surface area contributed by atoms with Gasteiger partial charge >= 0.3 is 0 Å². The third-order valence-electron chi connectivity index (χ3n) is 8.85. The lowest BCUT2D eigenvalue weighted by Crippen LogP contribution is -2.66. The van der Waals surface area contributed by atoms with Gasteiger partial charge in [-0.1, -0.05) is 49.9 Å². The highest BCUT2D eigenvalue weighted by molar-refractivity contribution is 6.05. The number of carbonyl (C=O) groups is 2. The molecule has 5 rings (SSSR count). The van der Waals surface area contributed by atoms with Crippen molar-refractivity contribution in [2.24, 2.45) is 22.7 Å². The molecule has 3 nitrogen and oxygen atoms in total. The highest BCUT2D eigenvalue weighted by Crippen LogP contribution is 2.67. The van der Waals surface area contributed by atoms with E-state index in [1.54, 1.807) is 6.08 Å². The maximum atomic E-state index is 13.5. The first kappa shape index (κ1) is 18.8. The Morgan fingerprint density at radius 1 is 1.10 bits per heavy atom. The van der Waals surface area contributed by atoms with Crippen LogP contribution in [0.4, 0.5) is 0 Å². The molecule has 2 bridgehead atoms. The van der Waals surface area contributed by atoms with Crippen molar-refractivity contribution in [3.05, 3.63) is 60.2 Å². The molecule has 4 aliphatic rings. The molecule has 1 aliphatic heterocycles. The van der Waals surface area contributed by atoms with Gasteiger partial charge in [-0.25, -0.2) is 0 Å².